The summed E-state index contributed by atoms with van der Waals surface area (Å²) in [5.41, 5.74) is 0. The van der Waals surface area contributed by atoms with Crippen molar-refractivity contribution in [2.75, 3.05) is 7.05 Å². The van der Waals surface area contributed by atoms with Crippen molar-refractivity contribution in [2.24, 2.45) is 0 Å². The van der Waals surface area contributed by atoms with Crippen molar-refractivity contribution >= 4 is 23.2 Å². The maximum atomic E-state index is 11.5. The van der Waals surface area contributed by atoms with Gasteiger partial charge in [-0.25, -0.2) is 0 Å². The molecule has 0 radical (unpaired) electrons. The van der Waals surface area contributed by atoms with E-state index in [1.807, 2.05) is 17.5 Å². The number of likely N-dealkylation sites (tertiary alicyclic amines) is 1. The highest BCUT2D eigenvalue weighted by Crippen LogP contribution is 2.13. The van der Waals surface area contributed by atoms with E-state index in [2.05, 4.69) is 5.32 Å². The molecule has 1 aromatic rings. The highest BCUT2D eigenvalue weighted by molar-refractivity contribution is 7.09. The van der Waals surface area contributed by atoms with E-state index < -0.39 is 0 Å². The Hall–Kier alpha value is -1.20. The summed E-state index contributed by atoms with van der Waals surface area (Å²) in [4.78, 5) is 25.1. The van der Waals surface area contributed by atoms with Crippen molar-refractivity contribution < 1.29 is 9.59 Å². The molecule has 2 amide bonds. The molecule has 1 aromatic heterocycles. The van der Waals surface area contributed by atoms with Crippen LogP contribution < -0.4 is 5.32 Å². The molecule has 1 unspecified atom stereocenters. The first kappa shape index (κ1) is 10.3. The highest BCUT2D eigenvalue weighted by atomic mass is 32.1. The molecule has 80 valence electrons. The van der Waals surface area contributed by atoms with Gasteiger partial charge >= 0.3 is 0 Å². The van der Waals surface area contributed by atoms with Crippen molar-refractivity contribution in [3.05, 3.63) is 22.4 Å². The predicted octanol–water partition coefficient (Wildman–Crippen LogP) is 0.595. The van der Waals surface area contributed by atoms with Crippen LogP contribution in [0.3, 0.4) is 0 Å². The van der Waals surface area contributed by atoms with Crippen molar-refractivity contribution in [3.63, 3.8) is 0 Å². The maximum Gasteiger partial charge on any atom is 0.246 e. The van der Waals surface area contributed by atoms with Gasteiger partial charge in [0.1, 0.15) is 0 Å². The van der Waals surface area contributed by atoms with E-state index in [-0.39, 0.29) is 24.3 Å². The first-order valence-electron chi connectivity index (χ1n) is 4.74. The van der Waals surface area contributed by atoms with Gasteiger partial charge in [0.05, 0.1) is 12.5 Å². The van der Waals surface area contributed by atoms with Crippen molar-refractivity contribution in [1.29, 1.82) is 0 Å². The standard InChI is InChI=1S/C10H12N2O2S/c1-12-9(13)5-8(10(12)14)11-6-7-3-2-4-15-7/h2-4,8,11H,5-6H2,1H3. The Morgan fingerprint density at radius 2 is 2.40 bits per heavy atom. The number of nitrogens with one attached hydrogen (secondary N) is 1. The third-order valence-electron chi connectivity index (χ3n) is 2.48. The third-order valence-corrected chi connectivity index (χ3v) is 3.36. The van der Waals surface area contributed by atoms with Crippen molar-refractivity contribution in [1.82, 2.24) is 10.2 Å². The number of imide groups is 1. The number of nitrogens with zero attached hydrogens (tertiary/aromatic N) is 1. The van der Waals surface area contributed by atoms with E-state index in [4.69, 9.17) is 0 Å². The zero-order valence-electron chi connectivity index (χ0n) is 8.40. The molecule has 2 rings (SSSR count). The molecule has 0 aliphatic carbocycles. The third kappa shape index (κ3) is 2.08. The fourth-order valence-corrected chi connectivity index (χ4v) is 2.21. The van der Waals surface area contributed by atoms with Crippen molar-refractivity contribution in [3.8, 4) is 0 Å². The van der Waals surface area contributed by atoms with Gasteiger partial charge in [0.15, 0.2) is 0 Å². The topological polar surface area (TPSA) is 49.4 Å². The molecule has 0 saturated carbocycles. The Bertz CT molecular complexity index is 375. The molecular weight excluding hydrogens is 212 g/mol. The average molecular weight is 224 g/mol. The van der Waals surface area contributed by atoms with E-state index >= 15 is 0 Å². The molecule has 0 aromatic carbocycles. The first-order valence-corrected chi connectivity index (χ1v) is 5.62. The Balaban J connectivity index is 1.91. The monoisotopic (exact) mass is 224 g/mol. The molecule has 1 aliphatic rings. The van der Waals surface area contributed by atoms with Gasteiger partial charge < -0.3 is 5.32 Å². The summed E-state index contributed by atoms with van der Waals surface area (Å²) in [6, 6.07) is 3.63. The van der Waals surface area contributed by atoms with Crippen LogP contribution in [-0.4, -0.2) is 29.8 Å². The number of likely N-dealkylation sites (N-methyl/N-ethyl adjacent to an activating group) is 1. The number of carbonyl (C=O) groups is 2. The number of rotatable bonds is 3. The summed E-state index contributed by atoms with van der Waals surface area (Å²) >= 11 is 1.64. The largest absolute Gasteiger partial charge is 0.300 e. The first-order chi connectivity index (χ1) is 7.18. The molecule has 1 fully saturated rings. The Kier molecular flexibility index (Phi) is 2.83. The molecule has 4 nitrogen and oxygen atoms in total. The van der Waals surface area contributed by atoms with Gasteiger partial charge in [-0.15, -0.1) is 11.3 Å². The van der Waals surface area contributed by atoms with Gasteiger partial charge in [-0.05, 0) is 11.4 Å². The molecular formula is C10H12N2O2S. The van der Waals surface area contributed by atoms with Crippen LogP contribution in [0.1, 0.15) is 11.3 Å². The number of amides is 2. The van der Waals surface area contributed by atoms with E-state index in [1.165, 1.54) is 16.8 Å². The quantitative estimate of drug-likeness (QED) is 0.765. The molecule has 1 atom stereocenters. The van der Waals surface area contributed by atoms with Gasteiger partial charge in [-0.2, -0.15) is 0 Å². The molecule has 0 spiro atoms. The lowest BCUT2D eigenvalue weighted by Crippen LogP contribution is -2.36. The minimum atomic E-state index is -0.343. The second-order valence-corrected chi connectivity index (χ2v) is 4.54. The molecule has 1 saturated heterocycles. The fourth-order valence-electron chi connectivity index (χ4n) is 1.55. The van der Waals surface area contributed by atoms with Crippen LogP contribution in [0.15, 0.2) is 17.5 Å². The fraction of sp³-hybridized carbons (Fsp3) is 0.400. The minimum absolute atomic E-state index is 0.108. The zero-order chi connectivity index (χ0) is 10.8. The average Bonchev–Trinajstić information content (AvgIpc) is 2.80. The van der Waals surface area contributed by atoms with Crippen LogP contribution >= 0.6 is 11.3 Å². The summed E-state index contributed by atoms with van der Waals surface area (Å²) < 4.78 is 0. The zero-order valence-corrected chi connectivity index (χ0v) is 9.21. The molecule has 5 heteroatoms. The molecule has 1 N–H and O–H groups in total. The maximum absolute atomic E-state index is 11.5. The van der Waals surface area contributed by atoms with Crippen LogP contribution in [0.25, 0.3) is 0 Å². The van der Waals surface area contributed by atoms with Gasteiger partial charge in [0.25, 0.3) is 0 Å². The lowest BCUT2D eigenvalue weighted by molar-refractivity contribution is -0.137. The van der Waals surface area contributed by atoms with Crippen LogP contribution in [0, 0.1) is 0 Å². The summed E-state index contributed by atoms with van der Waals surface area (Å²) in [6.45, 7) is 0.648. The second-order valence-electron chi connectivity index (χ2n) is 3.51. The van der Waals surface area contributed by atoms with E-state index in [1.54, 1.807) is 11.3 Å². The van der Waals surface area contributed by atoms with E-state index in [0.717, 1.165) is 0 Å². The van der Waals surface area contributed by atoms with E-state index in [0.29, 0.717) is 6.54 Å². The van der Waals surface area contributed by atoms with Gasteiger partial charge in [0.2, 0.25) is 11.8 Å². The van der Waals surface area contributed by atoms with Crippen LogP contribution in [0.5, 0.6) is 0 Å². The summed E-state index contributed by atoms with van der Waals surface area (Å²) in [5.74, 6) is -0.236. The summed E-state index contributed by atoms with van der Waals surface area (Å²) in [7, 11) is 1.53. The van der Waals surface area contributed by atoms with Crippen molar-refractivity contribution in [2.45, 2.75) is 19.0 Å². The predicted molar refractivity (Wildman–Crippen MR) is 57.3 cm³/mol. The van der Waals surface area contributed by atoms with Crippen LogP contribution in [0.2, 0.25) is 0 Å². The van der Waals surface area contributed by atoms with Gasteiger partial charge in [-0.3, -0.25) is 14.5 Å². The molecule has 15 heavy (non-hydrogen) atoms. The SMILES string of the molecule is CN1C(=O)CC(NCc2cccs2)C1=O. The number of hydrogen-bond acceptors (Lipinski definition) is 4. The lowest BCUT2D eigenvalue weighted by Gasteiger charge is -2.09. The Morgan fingerprint density at radius 3 is 2.93 bits per heavy atom. The summed E-state index contributed by atoms with van der Waals surface area (Å²) in [6.07, 6.45) is 0.278. The van der Waals surface area contributed by atoms with Crippen LogP contribution in [0.4, 0.5) is 0 Å². The smallest absolute Gasteiger partial charge is 0.246 e. The van der Waals surface area contributed by atoms with Gasteiger partial charge in [0, 0.05) is 18.5 Å². The van der Waals surface area contributed by atoms with Crippen LogP contribution in [-0.2, 0) is 16.1 Å². The second kappa shape index (κ2) is 4.12. The highest BCUT2D eigenvalue weighted by Gasteiger charge is 2.35. The van der Waals surface area contributed by atoms with Gasteiger partial charge in [-0.1, -0.05) is 6.07 Å². The lowest BCUT2D eigenvalue weighted by atomic mass is 10.2. The number of carbonyl (C=O) groups excluding carboxylic acids is 2. The Morgan fingerprint density at radius 1 is 1.60 bits per heavy atom. The summed E-state index contributed by atoms with van der Waals surface area (Å²) in [5, 5.41) is 5.08. The normalized spacial score (nSPS) is 21.4. The molecule has 1 aliphatic heterocycles. The minimum Gasteiger partial charge on any atom is -0.300 e. The molecule has 0 bridgehead atoms. The van der Waals surface area contributed by atoms with E-state index in [9.17, 15) is 9.59 Å². The Labute approximate surface area is 91.9 Å². The number of thiophene rings is 1. The molecule has 2 heterocycles. The number of hydrogen-bond donors (Lipinski definition) is 1.